The number of aryl methyl sites for hydroxylation is 1. The van der Waals surface area contributed by atoms with Crippen molar-refractivity contribution in [2.24, 2.45) is 13.0 Å². The van der Waals surface area contributed by atoms with E-state index in [-0.39, 0.29) is 18.1 Å². The van der Waals surface area contributed by atoms with Crippen molar-refractivity contribution >= 4 is 16.0 Å². The van der Waals surface area contributed by atoms with Crippen molar-refractivity contribution in [1.82, 2.24) is 14.1 Å². The van der Waals surface area contributed by atoms with Gasteiger partial charge in [0.05, 0.1) is 12.1 Å². The predicted molar refractivity (Wildman–Crippen MR) is 53.1 cm³/mol. The maximum atomic E-state index is 11.9. The molecule has 0 unspecified atom stereocenters. The van der Waals surface area contributed by atoms with Crippen LogP contribution in [0.4, 0.5) is 0 Å². The molecule has 0 atom stereocenters. The van der Waals surface area contributed by atoms with Gasteiger partial charge in [-0.1, -0.05) is 0 Å². The second-order valence-electron chi connectivity index (χ2n) is 3.65. The number of aromatic nitrogens is 2. The lowest BCUT2D eigenvalue weighted by Crippen LogP contribution is -2.53. The molecule has 0 aromatic carbocycles. The van der Waals surface area contributed by atoms with E-state index in [9.17, 15) is 13.2 Å². The van der Waals surface area contributed by atoms with E-state index in [0.717, 1.165) is 4.31 Å². The van der Waals surface area contributed by atoms with Crippen molar-refractivity contribution in [2.75, 3.05) is 13.1 Å². The van der Waals surface area contributed by atoms with Crippen LogP contribution in [-0.2, 0) is 21.9 Å². The number of hydrogen-bond donors (Lipinski definition) is 1. The smallest absolute Gasteiger partial charge is 0.309 e. The molecule has 2 heterocycles. The van der Waals surface area contributed by atoms with Crippen LogP contribution in [0.25, 0.3) is 0 Å². The predicted octanol–water partition coefficient (Wildman–Crippen LogP) is -0.875. The fourth-order valence-corrected chi connectivity index (χ4v) is 3.17. The number of carboxylic acids is 1. The van der Waals surface area contributed by atoms with E-state index in [1.807, 2.05) is 0 Å². The van der Waals surface area contributed by atoms with E-state index in [2.05, 4.69) is 5.10 Å². The molecule has 7 nitrogen and oxygen atoms in total. The summed E-state index contributed by atoms with van der Waals surface area (Å²) in [5, 5.41) is 12.5. The van der Waals surface area contributed by atoms with E-state index in [4.69, 9.17) is 5.11 Å². The van der Waals surface area contributed by atoms with Crippen molar-refractivity contribution < 1.29 is 18.3 Å². The summed E-state index contributed by atoms with van der Waals surface area (Å²) in [6.45, 7) is 0.0612. The van der Waals surface area contributed by atoms with Gasteiger partial charge in [0, 0.05) is 20.1 Å². The van der Waals surface area contributed by atoms with Crippen molar-refractivity contribution in [2.45, 2.75) is 5.03 Å². The maximum Gasteiger partial charge on any atom is 0.309 e. The molecule has 1 fully saturated rings. The first-order valence-electron chi connectivity index (χ1n) is 4.64. The summed E-state index contributed by atoms with van der Waals surface area (Å²) in [6, 6.07) is 1.39. The van der Waals surface area contributed by atoms with Gasteiger partial charge in [-0.05, 0) is 6.07 Å². The van der Waals surface area contributed by atoms with E-state index in [1.165, 1.54) is 24.0 Å². The molecule has 1 aromatic heterocycles. The quantitative estimate of drug-likeness (QED) is 0.747. The molecule has 0 bridgehead atoms. The molecule has 1 saturated heterocycles. The molecule has 16 heavy (non-hydrogen) atoms. The minimum Gasteiger partial charge on any atom is -0.481 e. The molecule has 0 amide bonds. The van der Waals surface area contributed by atoms with Crippen LogP contribution in [0.2, 0.25) is 0 Å². The summed E-state index contributed by atoms with van der Waals surface area (Å²) in [7, 11) is -2.06. The summed E-state index contributed by atoms with van der Waals surface area (Å²) < 4.78 is 26.3. The molecule has 0 aliphatic carbocycles. The van der Waals surface area contributed by atoms with E-state index in [1.54, 1.807) is 0 Å². The lowest BCUT2D eigenvalue weighted by Gasteiger charge is -2.35. The molecular weight excluding hydrogens is 234 g/mol. The Hall–Kier alpha value is -1.41. The molecule has 1 aliphatic rings. The Kier molecular flexibility index (Phi) is 2.47. The fraction of sp³-hybridized carbons (Fsp3) is 0.500. The average Bonchev–Trinajstić information content (AvgIpc) is 2.47. The Morgan fingerprint density at radius 1 is 1.56 bits per heavy atom. The van der Waals surface area contributed by atoms with E-state index >= 15 is 0 Å². The molecule has 2 rings (SSSR count). The first kappa shape index (κ1) is 11.1. The molecule has 1 N–H and O–H groups in total. The normalized spacial score (nSPS) is 18.3. The molecule has 1 aliphatic heterocycles. The van der Waals surface area contributed by atoms with Crippen LogP contribution < -0.4 is 0 Å². The molecule has 1 aromatic rings. The number of nitrogens with zero attached hydrogens (tertiary/aromatic N) is 3. The Morgan fingerprint density at radius 2 is 2.19 bits per heavy atom. The second-order valence-corrected chi connectivity index (χ2v) is 5.54. The highest BCUT2D eigenvalue weighted by molar-refractivity contribution is 7.89. The van der Waals surface area contributed by atoms with Crippen LogP contribution in [0.1, 0.15) is 0 Å². The minimum atomic E-state index is -3.59. The molecule has 0 spiro atoms. The van der Waals surface area contributed by atoms with Crippen LogP contribution in [0.3, 0.4) is 0 Å². The number of aliphatic carboxylic acids is 1. The number of rotatable bonds is 3. The molecule has 88 valence electrons. The van der Waals surface area contributed by atoms with Crippen LogP contribution in [0.15, 0.2) is 17.3 Å². The third-order valence-corrected chi connectivity index (χ3v) is 4.48. The number of carbonyl (C=O) groups is 1. The van der Waals surface area contributed by atoms with E-state index < -0.39 is 21.9 Å². The van der Waals surface area contributed by atoms with Gasteiger partial charge < -0.3 is 5.11 Å². The molecule has 0 radical (unpaired) electrons. The maximum absolute atomic E-state index is 11.9. The molecular formula is C8H11N3O4S. The second kappa shape index (κ2) is 3.56. The van der Waals surface area contributed by atoms with Gasteiger partial charge in [-0.25, -0.2) is 8.42 Å². The van der Waals surface area contributed by atoms with Gasteiger partial charge in [0.2, 0.25) is 0 Å². The summed E-state index contributed by atoms with van der Waals surface area (Å²) in [5.74, 6) is -1.56. The largest absolute Gasteiger partial charge is 0.481 e. The van der Waals surface area contributed by atoms with Crippen LogP contribution >= 0.6 is 0 Å². The van der Waals surface area contributed by atoms with Gasteiger partial charge in [0.15, 0.2) is 5.03 Å². The Bertz CT molecular complexity index is 515. The van der Waals surface area contributed by atoms with Crippen LogP contribution in [0.5, 0.6) is 0 Å². The third-order valence-electron chi connectivity index (χ3n) is 2.58. The number of carboxylic acid groups (broad SMARTS) is 1. The lowest BCUT2D eigenvalue weighted by atomic mass is 10.0. The zero-order chi connectivity index (χ0) is 11.9. The minimum absolute atomic E-state index is 0.0306. The Labute approximate surface area is 92.3 Å². The average molecular weight is 245 g/mol. The van der Waals surface area contributed by atoms with Crippen molar-refractivity contribution in [1.29, 1.82) is 0 Å². The zero-order valence-electron chi connectivity index (χ0n) is 8.57. The van der Waals surface area contributed by atoms with Gasteiger partial charge in [-0.3, -0.25) is 9.48 Å². The Balaban J connectivity index is 2.18. The van der Waals surface area contributed by atoms with Gasteiger partial charge in [-0.2, -0.15) is 9.40 Å². The SMILES string of the molecule is Cn1nccc1S(=O)(=O)N1CC(C(=O)O)C1. The van der Waals surface area contributed by atoms with Gasteiger partial charge in [0.25, 0.3) is 10.0 Å². The third kappa shape index (κ3) is 1.59. The van der Waals surface area contributed by atoms with Gasteiger partial charge in [0.1, 0.15) is 0 Å². The van der Waals surface area contributed by atoms with E-state index in [0.29, 0.717) is 0 Å². The Morgan fingerprint density at radius 3 is 2.62 bits per heavy atom. The number of hydrogen-bond acceptors (Lipinski definition) is 4. The highest BCUT2D eigenvalue weighted by Gasteiger charge is 2.41. The van der Waals surface area contributed by atoms with Crippen molar-refractivity contribution in [3.8, 4) is 0 Å². The topological polar surface area (TPSA) is 92.5 Å². The van der Waals surface area contributed by atoms with Crippen LogP contribution in [-0.4, -0.2) is 46.7 Å². The summed E-state index contributed by atoms with van der Waals surface area (Å²) in [4.78, 5) is 10.6. The number of sulfonamides is 1. The van der Waals surface area contributed by atoms with Gasteiger partial charge >= 0.3 is 5.97 Å². The first-order valence-corrected chi connectivity index (χ1v) is 6.08. The monoisotopic (exact) mass is 245 g/mol. The van der Waals surface area contributed by atoms with Crippen LogP contribution in [0, 0.1) is 5.92 Å². The summed E-state index contributed by atoms with van der Waals surface area (Å²) in [6.07, 6.45) is 1.39. The van der Waals surface area contributed by atoms with Crippen molar-refractivity contribution in [3.63, 3.8) is 0 Å². The molecule has 0 saturated carbocycles. The summed E-state index contributed by atoms with van der Waals surface area (Å²) >= 11 is 0. The molecule has 8 heteroatoms. The summed E-state index contributed by atoms with van der Waals surface area (Å²) in [5.41, 5.74) is 0. The highest BCUT2D eigenvalue weighted by atomic mass is 32.2. The fourth-order valence-electron chi connectivity index (χ4n) is 1.54. The first-order chi connectivity index (χ1) is 7.43. The zero-order valence-corrected chi connectivity index (χ0v) is 9.38. The standard InChI is InChI=1S/C8H11N3O4S/c1-10-7(2-3-9-10)16(14,15)11-4-6(5-11)8(12)13/h2-3,6H,4-5H2,1H3,(H,12,13). The van der Waals surface area contributed by atoms with Crippen molar-refractivity contribution in [3.05, 3.63) is 12.3 Å². The highest BCUT2D eigenvalue weighted by Crippen LogP contribution is 2.24. The lowest BCUT2D eigenvalue weighted by molar-refractivity contribution is -0.145. The van der Waals surface area contributed by atoms with Gasteiger partial charge in [-0.15, -0.1) is 0 Å².